The first-order chi connectivity index (χ1) is 8.86. The zero-order chi connectivity index (χ0) is 12.4. The first kappa shape index (κ1) is 11.2. The van der Waals surface area contributed by atoms with Crippen LogP contribution in [0.3, 0.4) is 0 Å². The van der Waals surface area contributed by atoms with Crippen molar-refractivity contribution in [3.63, 3.8) is 0 Å². The Morgan fingerprint density at radius 2 is 2.22 bits per heavy atom. The molecule has 4 nitrogen and oxygen atoms in total. The van der Waals surface area contributed by atoms with Crippen molar-refractivity contribution in [1.29, 1.82) is 0 Å². The van der Waals surface area contributed by atoms with Crippen LogP contribution >= 0.6 is 0 Å². The second kappa shape index (κ2) is 4.74. The molecule has 3 rings (SSSR count). The highest BCUT2D eigenvalue weighted by atomic mass is 16.5. The first-order valence-corrected chi connectivity index (χ1v) is 6.06. The molecule has 2 aromatic rings. The van der Waals surface area contributed by atoms with Crippen molar-refractivity contribution in [1.82, 2.24) is 9.97 Å². The lowest BCUT2D eigenvalue weighted by Gasteiger charge is -2.05. The van der Waals surface area contributed by atoms with Crippen LogP contribution in [0.1, 0.15) is 11.4 Å². The molecule has 0 unspecified atom stereocenters. The summed E-state index contributed by atoms with van der Waals surface area (Å²) < 4.78 is 5.49. The lowest BCUT2D eigenvalue weighted by Crippen LogP contribution is -1.99. The molecule has 1 aromatic carbocycles. The molecule has 2 heterocycles. The number of ether oxygens (including phenoxy) is 1. The summed E-state index contributed by atoms with van der Waals surface area (Å²) in [5, 5.41) is 8.91. The Hall–Kier alpha value is -1.94. The molecule has 4 heteroatoms. The number of nitrogens with zero attached hydrogens (tertiary/aromatic N) is 2. The summed E-state index contributed by atoms with van der Waals surface area (Å²) in [6.45, 7) is 0.833. The molecular weight excluding hydrogens is 228 g/mol. The summed E-state index contributed by atoms with van der Waals surface area (Å²) in [6.07, 6.45) is 3.18. The van der Waals surface area contributed by atoms with Crippen molar-refractivity contribution in [2.24, 2.45) is 0 Å². The minimum atomic E-state index is 0.0709. The van der Waals surface area contributed by atoms with Crippen molar-refractivity contribution in [3.8, 4) is 17.0 Å². The Labute approximate surface area is 105 Å². The van der Waals surface area contributed by atoms with Gasteiger partial charge in [-0.05, 0) is 29.8 Å². The van der Waals surface area contributed by atoms with Gasteiger partial charge in [-0.25, -0.2) is 9.97 Å². The third-order valence-electron chi connectivity index (χ3n) is 3.03. The monoisotopic (exact) mass is 242 g/mol. The molecule has 1 aliphatic rings. The van der Waals surface area contributed by atoms with Gasteiger partial charge in [-0.3, -0.25) is 0 Å². The zero-order valence-electron chi connectivity index (χ0n) is 9.97. The number of rotatable bonds is 3. The number of aliphatic hydroxyl groups is 1. The van der Waals surface area contributed by atoms with Crippen molar-refractivity contribution >= 4 is 0 Å². The Morgan fingerprint density at radius 1 is 1.28 bits per heavy atom. The van der Waals surface area contributed by atoms with E-state index in [1.54, 1.807) is 6.20 Å². The molecule has 0 fully saturated rings. The number of benzene rings is 1. The molecule has 0 radical (unpaired) electrons. The Balaban J connectivity index is 1.96. The van der Waals surface area contributed by atoms with Crippen LogP contribution in [0.25, 0.3) is 11.3 Å². The van der Waals surface area contributed by atoms with E-state index in [-0.39, 0.29) is 6.61 Å². The lowest BCUT2D eigenvalue weighted by molar-refractivity contribution is 0.296. The largest absolute Gasteiger partial charge is 0.493 e. The van der Waals surface area contributed by atoms with Crippen LogP contribution in [0.5, 0.6) is 5.75 Å². The second-order valence-electron chi connectivity index (χ2n) is 4.25. The molecule has 1 aromatic heterocycles. The van der Waals surface area contributed by atoms with Gasteiger partial charge in [0.05, 0.1) is 18.9 Å². The minimum Gasteiger partial charge on any atom is -0.493 e. The third kappa shape index (κ3) is 2.07. The standard InChI is InChI=1S/C14H14N2O2/c17-7-4-14-15-6-3-12(16-14)10-1-2-13-11(9-10)5-8-18-13/h1-3,6,9,17H,4-5,7-8H2. The summed E-state index contributed by atoms with van der Waals surface area (Å²) >= 11 is 0. The molecule has 1 aliphatic heterocycles. The number of hydrogen-bond donors (Lipinski definition) is 1. The second-order valence-corrected chi connectivity index (χ2v) is 4.25. The van der Waals surface area contributed by atoms with Gasteiger partial charge >= 0.3 is 0 Å². The molecule has 0 saturated heterocycles. The molecular formula is C14H14N2O2. The summed E-state index contributed by atoms with van der Waals surface area (Å²) in [6, 6.07) is 8.01. The van der Waals surface area contributed by atoms with E-state index in [9.17, 15) is 0 Å². The molecule has 0 amide bonds. The van der Waals surface area contributed by atoms with Gasteiger partial charge in [-0.2, -0.15) is 0 Å². The average molecular weight is 242 g/mol. The van der Waals surface area contributed by atoms with Crippen LogP contribution in [0.15, 0.2) is 30.5 Å². The van der Waals surface area contributed by atoms with E-state index in [1.165, 1.54) is 5.56 Å². The SMILES string of the molecule is OCCc1nccc(-c2ccc3c(c2)CCO3)n1. The summed E-state index contributed by atoms with van der Waals surface area (Å²) in [4.78, 5) is 8.58. The van der Waals surface area contributed by atoms with Gasteiger partial charge in [0, 0.05) is 24.6 Å². The number of fused-ring (bicyclic) bond motifs is 1. The number of hydrogen-bond acceptors (Lipinski definition) is 4. The number of aromatic nitrogens is 2. The van der Waals surface area contributed by atoms with Gasteiger partial charge in [-0.15, -0.1) is 0 Å². The van der Waals surface area contributed by atoms with E-state index in [1.807, 2.05) is 18.2 Å². The Kier molecular flexibility index (Phi) is 2.94. The van der Waals surface area contributed by atoms with Crippen LogP contribution in [-0.2, 0) is 12.8 Å². The highest BCUT2D eigenvalue weighted by molar-refractivity contribution is 5.62. The maximum atomic E-state index is 8.91. The van der Waals surface area contributed by atoms with E-state index < -0.39 is 0 Å². The summed E-state index contributed by atoms with van der Waals surface area (Å²) in [5.41, 5.74) is 3.19. The van der Waals surface area contributed by atoms with Gasteiger partial charge in [0.2, 0.25) is 0 Å². The maximum Gasteiger partial charge on any atom is 0.131 e. The molecule has 0 atom stereocenters. The molecule has 0 saturated carbocycles. The molecule has 0 spiro atoms. The van der Waals surface area contributed by atoms with Gasteiger partial charge in [0.1, 0.15) is 11.6 Å². The topological polar surface area (TPSA) is 55.2 Å². The molecule has 18 heavy (non-hydrogen) atoms. The van der Waals surface area contributed by atoms with E-state index >= 15 is 0 Å². The van der Waals surface area contributed by atoms with Gasteiger partial charge in [-0.1, -0.05) is 0 Å². The fourth-order valence-electron chi connectivity index (χ4n) is 2.13. The van der Waals surface area contributed by atoms with Crippen molar-refractivity contribution in [3.05, 3.63) is 41.9 Å². The fraction of sp³-hybridized carbons (Fsp3) is 0.286. The van der Waals surface area contributed by atoms with Crippen molar-refractivity contribution in [2.45, 2.75) is 12.8 Å². The summed E-state index contributed by atoms with van der Waals surface area (Å²) in [5.74, 6) is 1.65. The van der Waals surface area contributed by atoms with Crippen LogP contribution in [0, 0.1) is 0 Å². The third-order valence-corrected chi connectivity index (χ3v) is 3.03. The van der Waals surface area contributed by atoms with E-state index in [2.05, 4.69) is 16.0 Å². The van der Waals surface area contributed by atoms with E-state index in [4.69, 9.17) is 9.84 Å². The molecule has 0 aliphatic carbocycles. The van der Waals surface area contributed by atoms with Crippen LogP contribution < -0.4 is 4.74 Å². The van der Waals surface area contributed by atoms with Crippen LogP contribution in [0.2, 0.25) is 0 Å². The van der Waals surface area contributed by atoms with Crippen LogP contribution in [0.4, 0.5) is 0 Å². The summed E-state index contributed by atoms with van der Waals surface area (Å²) in [7, 11) is 0. The minimum absolute atomic E-state index is 0.0709. The van der Waals surface area contributed by atoms with E-state index in [0.717, 1.165) is 30.0 Å². The lowest BCUT2D eigenvalue weighted by atomic mass is 10.1. The maximum absolute atomic E-state index is 8.91. The average Bonchev–Trinajstić information content (AvgIpc) is 2.86. The number of aliphatic hydroxyl groups excluding tert-OH is 1. The molecule has 92 valence electrons. The van der Waals surface area contributed by atoms with Crippen LogP contribution in [-0.4, -0.2) is 28.3 Å². The Morgan fingerprint density at radius 3 is 3.11 bits per heavy atom. The molecule has 1 N–H and O–H groups in total. The van der Waals surface area contributed by atoms with Crippen molar-refractivity contribution in [2.75, 3.05) is 13.2 Å². The zero-order valence-corrected chi connectivity index (χ0v) is 9.97. The van der Waals surface area contributed by atoms with Gasteiger partial charge in [0.25, 0.3) is 0 Å². The molecule has 0 bridgehead atoms. The Bertz CT molecular complexity index is 569. The fourth-order valence-corrected chi connectivity index (χ4v) is 2.13. The first-order valence-electron chi connectivity index (χ1n) is 6.06. The highest BCUT2D eigenvalue weighted by Gasteiger charge is 2.13. The normalized spacial score (nSPS) is 13.2. The van der Waals surface area contributed by atoms with Crippen molar-refractivity contribution < 1.29 is 9.84 Å². The predicted molar refractivity (Wildman–Crippen MR) is 67.5 cm³/mol. The highest BCUT2D eigenvalue weighted by Crippen LogP contribution is 2.29. The van der Waals surface area contributed by atoms with Gasteiger partial charge < -0.3 is 9.84 Å². The quantitative estimate of drug-likeness (QED) is 0.888. The predicted octanol–water partition coefficient (Wildman–Crippen LogP) is 1.61. The van der Waals surface area contributed by atoms with E-state index in [0.29, 0.717) is 12.2 Å². The smallest absolute Gasteiger partial charge is 0.131 e. The van der Waals surface area contributed by atoms with Gasteiger partial charge in [0.15, 0.2) is 0 Å².